The minimum absolute atomic E-state index is 0.00437. The van der Waals surface area contributed by atoms with Gasteiger partial charge in [0.1, 0.15) is 12.4 Å². The number of thiazole rings is 1. The first-order valence-electron chi connectivity index (χ1n) is 9.37. The zero-order valence-electron chi connectivity index (χ0n) is 16.5. The average Bonchev–Trinajstić information content (AvgIpc) is 3.10. The summed E-state index contributed by atoms with van der Waals surface area (Å²) in [7, 11) is -3.15. The molecule has 2 heterocycles. The van der Waals surface area contributed by atoms with Gasteiger partial charge in [0.05, 0.1) is 17.0 Å². The van der Waals surface area contributed by atoms with E-state index in [1.54, 1.807) is 17.4 Å². The number of aryl methyl sites for hydroxylation is 1. The number of aromatic nitrogens is 1. The molecule has 0 spiro atoms. The first-order valence-corrected chi connectivity index (χ1v) is 12.1. The fraction of sp³-hybridized carbons (Fsp3) is 0.400. The molecule has 0 aliphatic carbocycles. The van der Waals surface area contributed by atoms with Gasteiger partial charge in [0.2, 0.25) is 15.9 Å². The molecular formula is C20H25N3O4S2. The van der Waals surface area contributed by atoms with E-state index in [4.69, 9.17) is 4.74 Å². The van der Waals surface area contributed by atoms with Crippen molar-refractivity contribution < 1.29 is 17.9 Å². The molecule has 0 saturated carbocycles. The van der Waals surface area contributed by atoms with Gasteiger partial charge in [-0.2, -0.15) is 0 Å². The predicted octanol–water partition coefficient (Wildman–Crippen LogP) is 2.58. The van der Waals surface area contributed by atoms with E-state index in [1.807, 2.05) is 36.6 Å². The molecule has 1 amide bonds. The van der Waals surface area contributed by atoms with Gasteiger partial charge < -0.3 is 10.1 Å². The maximum Gasteiger partial charge on any atom is 0.244 e. The zero-order valence-corrected chi connectivity index (χ0v) is 18.1. The van der Waals surface area contributed by atoms with Gasteiger partial charge in [-0.15, -0.1) is 11.3 Å². The molecule has 0 bridgehead atoms. The summed E-state index contributed by atoms with van der Waals surface area (Å²) in [6.07, 6.45) is 5.70. The van der Waals surface area contributed by atoms with Gasteiger partial charge >= 0.3 is 0 Å². The molecule has 1 N–H and O–H groups in total. The van der Waals surface area contributed by atoms with Gasteiger partial charge in [-0.3, -0.25) is 4.79 Å². The molecule has 3 rings (SSSR count). The van der Waals surface area contributed by atoms with Gasteiger partial charge in [-0.25, -0.2) is 17.7 Å². The molecule has 1 aliphatic heterocycles. The summed E-state index contributed by atoms with van der Waals surface area (Å²) in [6.45, 7) is 3.27. The number of ether oxygens (including phenoxy) is 1. The number of benzene rings is 1. The third-order valence-corrected chi connectivity index (χ3v) is 6.76. The molecule has 7 nitrogen and oxygen atoms in total. The molecular weight excluding hydrogens is 410 g/mol. The Morgan fingerprint density at radius 3 is 2.59 bits per heavy atom. The lowest BCUT2D eigenvalue weighted by atomic mass is 10.1. The Labute approximate surface area is 175 Å². The normalized spacial score (nSPS) is 16.2. The highest BCUT2D eigenvalue weighted by molar-refractivity contribution is 7.88. The van der Waals surface area contributed by atoms with Gasteiger partial charge in [0.25, 0.3) is 0 Å². The van der Waals surface area contributed by atoms with Gasteiger partial charge in [-0.05, 0) is 43.5 Å². The van der Waals surface area contributed by atoms with E-state index in [2.05, 4.69) is 10.3 Å². The summed E-state index contributed by atoms with van der Waals surface area (Å²) in [5.41, 5.74) is 1.81. The lowest BCUT2D eigenvalue weighted by Crippen LogP contribution is -2.45. The number of amides is 1. The Kier molecular flexibility index (Phi) is 7.05. The van der Waals surface area contributed by atoms with Crippen molar-refractivity contribution in [1.29, 1.82) is 0 Å². The molecule has 29 heavy (non-hydrogen) atoms. The fourth-order valence-electron chi connectivity index (χ4n) is 3.06. The third-order valence-electron chi connectivity index (χ3n) is 4.63. The number of nitrogens with one attached hydrogen (secondary N) is 1. The van der Waals surface area contributed by atoms with Crippen LogP contribution in [0.5, 0.6) is 5.75 Å². The molecule has 156 valence electrons. The highest BCUT2D eigenvalue weighted by Crippen LogP contribution is 2.17. The van der Waals surface area contributed by atoms with E-state index >= 15 is 0 Å². The maximum atomic E-state index is 12.1. The second-order valence-electron chi connectivity index (χ2n) is 6.99. The fourth-order valence-corrected chi connectivity index (χ4v) is 4.53. The lowest BCUT2D eigenvalue weighted by Gasteiger charge is -2.30. The second-order valence-corrected chi connectivity index (χ2v) is 10.0. The Hall–Kier alpha value is -2.23. The van der Waals surface area contributed by atoms with Gasteiger partial charge in [-0.1, -0.05) is 12.1 Å². The second kappa shape index (κ2) is 9.51. The molecule has 0 unspecified atom stereocenters. The third kappa shape index (κ3) is 6.66. The largest absolute Gasteiger partial charge is 0.487 e. The van der Waals surface area contributed by atoms with E-state index < -0.39 is 10.0 Å². The molecule has 1 fully saturated rings. The first kappa shape index (κ1) is 21.5. The molecule has 2 aromatic rings. The summed E-state index contributed by atoms with van der Waals surface area (Å²) in [4.78, 5) is 16.5. The molecule has 1 aliphatic rings. The van der Waals surface area contributed by atoms with Crippen LogP contribution < -0.4 is 10.1 Å². The quantitative estimate of drug-likeness (QED) is 0.676. The van der Waals surface area contributed by atoms with E-state index in [0.29, 0.717) is 32.5 Å². The highest BCUT2D eigenvalue weighted by Gasteiger charge is 2.25. The number of piperidine rings is 1. The Morgan fingerprint density at radius 2 is 2.00 bits per heavy atom. The predicted molar refractivity (Wildman–Crippen MR) is 114 cm³/mol. The summed E-state index contributed by atoms with van der Waals surface area (Å²) >= 11 is 1.60. The van der Waals surface area contributed by atoms with E-state index in [-0.39, 0.29) is 11.9 Å². The molecule has 1 saturated heterocycles. The Balaban J connectivity index is 1.44. The van der Waals surface area contributed by atoms with Crippen LogP contribution in [0, 0.1) is 6.92 Å². The highest BCUT2D eigenvalue weighted by atomic mass is 32.2. The van der Waals surface area contributed by atoms with Gasteiger partial charge in [0, 0.05) is 30.6 Å². The molecule has 9 heteroatoms. The van der Waals surface area contributed by atoms with Crippen molar-refractivity contribution in [2.24, 2.45) is 0 Å². The SMILES string of the molecule is Cc1nc(COc2ccc(/C=C/C(=O)NC3CCN(S(C)(=O)=O)CC3)cc2)cs1. The number of carbonyl (C=O) groups excluding carboxylic acids is 1. The van der Waals surface area contributed by atoms with Crippen molar-refractivity contribution >= 4 is 33.3 Å². The first-order chi connectivity index (χ1) is 13.8. The van der Waals surface area contributed by atoms with Crippen LogP contribution in [0.4, 0.5) is 0 Å². The molecule has 1 aromatic heterocycles. The van der Waals surface area contributed by atoms with Crippen LogP contribution in [0.2, 0.25) is 0 Å². The van der Waals surface area contributed by atoms with Crippen molar-refractivity contribution in [3.05, 3.63) is 52.0 Å². The van der Waals surface area contributed by atoms with E-state index in [9.17, 15) is 13.2 Å². The van der Waals surface area contributed by atoms with Crippen LogP contribution in [-0.4, -0.2) is 49.0 Å². The number of rotatable bonds is 7. The number of hydrogen-bond acceptors (Lipinski definition) is 6. The smallest absolute Gasteiger partial charge is 0.244 e. The minimum Gasteiger partial charge on any atom is -0.487 e. The number of sulfonamides is 1. The van der Waals surface area contributed by atoms with Crippen molar-refractivity contribution in [3.8, 4) is 5.75 Å². The number of hydrogen-bond donors (Lipinski definition) is 1. The molecule has 0 atom stereocenters. The van der Waals surface area contributed by atoms with E-state index in [1.165, 1.54) is 16.6 Å². The molecule has 1 aromatic carbocycles. The van der Waals surface area contributed by atoms with Crippen LogP contribution >= 0.6 is 11.3 Å². The van der Waals surface area contributed by atoms with Crippen LogP contribution in [0.1, 0.15) is 29.1 Å². The monoisotopic (exact) mass is 435 g/mol. The summed E-state index contributed by atoms with van der Waals surface area (Å²) < 4.78 is 30.2. The molecule has 0 radical (unpaired) electrons. The zero-order chi connectivity index (χ0) is 20.9. The summed E-state index contributed by atoms with van der Waals surface area (Å²) in [5, 5.41) is 5.93. The number of nitrogens with zero attached hydrogens (tertiary/aromatic N) is 2. The van der Waals surface area contributed by atoms with Crippen molar-refractivity contribution in [1.82, 2.24) is 14.6 Å². The van der Waals surface area contributed by atoms with Crippen molar-refractivity contribution in [3.63, 3.8) is 0 Å². The van der Waals surface area contributed by atoms with Crippen molar-refractivity contribution in [2.45, 2.75) is 32.4 Å². The maximum absolute atomic E-state index is 12.1. The standard InChI is InChI=1S/C20H25N3O4S2/c1-15-21-18(14-28-15)13-27-19-6-3-16(4-7-19)5-8-20(24)22-17-9-11-23(12-10-17)29(2,25)26/h3-8,14,17H,9-13H2,1-2H3,(H,22,24)/b8-5+. The summed E-state index contributed by atoms with van der Waals surface area (Å²) in [5.74, 6) is 0.567. The lowest BCUT2D eigenvalue weighted by molar-refractivity contribution is -0.117. The Bertz CT molecular complexity index is 960. The van der Waals surface area contributed by atoms with Crippen LogP contribution in [-0.2, 0) is 21.4 Å². The minimum atomic E-state index is -3.15. The number of carbonyl (C=O) groups is 1. The van der Waals surface area contributed by atoms with Crippen molar-refractivity contribution in [2.75, 3.05) is 19.3 Å². The van der Waals surface area contributed by atoms with Crippen LogP contribution in [0.25, 0.3) is 6.08 Å². The average molecular weight is 436 g/mol. The van der Waals surface area contributed by atoms with E-state index in [0.717, 1.165) is 22.0 Å². The van der Waals surface area contributed by atoms with Gasteiger partial charge in [0.15, 0.2) is 0 Å². The Morgan fingerprint density at radius 1 is 1.31 bits per heavy atom. The summed E-state index contributed by atoms with van der Waals surface area (Å²) in [6, 6.07) is 7.48. The topological polar surface area (TPSA) is 88.6 Å². The van der Waals surface area contributed by atoms with Crippen LogP contribution in [0.15, 0.2) is 35.7 Å². The van der Waals surface area contributed by atoms with Crippen LogP contribution in [0.3, 0.4) is 0 Å².